The Morgan fingerprint density at radius 1 is 1.04 bits per heavy atom. The fourth-order valence-corrected chi connectivity index (χ4v) is 2.70. The minimum absolute atomic E-state index is 0.172. The maximum absolute atomic E-state index is 12.5. The first-order chi connectivity index (χ1) is 12.6. The van der Waals surface area contributed by atoms with Gasteiger partial charge in [-0.25, -0.2) is 9.59 Å². The molecule has 1 fully saturated rings. The summed E-state index contributed by atoms with van der Waals surface area (Å²) in [5.74, 6) is -0.172. The number of carbonyl (C=O) groups excluding carboxylic acids is 3. The number of ether oxygens (including phenoxy) is 1. The first-order valence-corrected chi connectivity index (χ1v) is 8.97. The summed E-state index contributed by atoms with van der Waals surface area (Å²) in [5.41, 5.74) is 1.46. The van der Waals surface area contributed by atoms with Crippen LogP contribution in [0.25, 0.3) is 0 Å². The van der Waals surface area contributed by atoms with E-state index in [1.165, 1.54) is 0 Å². The largest absolute Gasteiger partial charge is 0.444 e. The van der Waals surface area contributed by atoms with Crippen LogP contribution in [-0.2, 0) is 4.74 Å². The number of aryl methyl sites for hydroxylation is 1. The third kappa shape index (κ3) is 5.60. The zero-order valence-corrected chi connectivity index (χ0v) is 16.6. The molecular formula is C19H28N4O4. The van der Waals surface area contributed by atoms with Crippen LogP contribution in [0.4, 0.5) is 15.3 Å². The van der Waals surface area contributed by atoms with E-state index in [4.69, 9.17) is 4.74 Å². The second kappa shape index (κ2) is 8.28. The molecule has 27 heavy (non-hydrogen) atoms. The number of hydrogen-bond donors (Lipinski definition) is 2. The standard InChI is InChI=1S/C19H28N4O4/c1-13-12-14(16(24)20-5)6-7-15(13)21-17(25)22-8-10-23(11-9-22)18(26)27-19(2,3)4/h6-7,12H,8-11H2,1-5H3,(H,20,24)(H,21,25). The first-order valence-electron chi connectivity index (χ1n) is 8.97. The van der Waals surface area contributed by atoms with Crippen molar-refractivity contribution < 1.29 is 19.1 Å². The summed E-state index contributed by atoms with van der Waals surface area (Å²) in [4.78, 5) is 39.5. The Hall–Kier alpha value is -2.77. The van der Waals surface area contributed by atoms with Gasteiger partial charge in [-0.3, -0.25) is 4.79 Å². The quantitative estimate of drug-likeness (QED) is 0.829. The number of urea groups is 1. The van der Waals surface area contributed by atoms with Gasteiger partial charge in [0.15, 0.2) is 0 Å². The summed E-state index contributed by atoms with van der Waals surface area (Å²) in [6.07, 6.45) is -0.358. The van der Waals surface area contributed by atoms with Crippen molar-refractivity contribution in [2.75, 3.05) is 38.5 Å². The Bertz CT molecular complexity index is 719. The van der Waals surface area contributed by atoms with E-state index in [0.717, 1.165) is 5.56 Å². The molecule has 8 nitrogen and oxygen atoms in total. The van der Waals surface area contributed by atoms with Gasteiger partial charge in [-0.15, -0.1) is 0 Å². The highest BCUT2D eigenvalue weighted by molar-refractivity contribution is 5.96. The molecule has 0 radical (unpaired) electrons. The van der Waals surface area contributed by atoms with Crippen molar-refractivity contribution in [1.82, 2.24) is 15.1 Å². The number of nitrogens with one attached hydrogen (secondary N) is 2. The number of amides is 4. The molecular weight excluding hydrogens is 348 g/mol. The number of rotatable bonds is 2. The summed E-state index contributed by atoms with van der Waals surface area (Å²) < 4.78 is 5.36. The van der Waals surface area contributed by atoms with Crippen molar-refractivity contribution in [3.63, 3.8) is 0 Å². The van der Waals surface area contributed by atoms with Crippen molar-refractivity contribution in [2.45, 2.75) is 33.3 Å². The Morgan fingerprint density at radius 3 is 2.15 bits per heavy atom. The first kappa shape index (κ1) is 20.5. The SMILES string of the molecule is CNC(=O)c1ccc(NC(=O)N2CCN(C(=O)OC(C)(C)C)CC2)c(C)c1. The number of piperazine rings is 1. The molecule has 1 aromatic rings. The lowest BCUT2D eigenvalue weighted by molar-refractivity contribution is 0.0174. The van der Waals surface area contributed by atoms with E-state index < -0.39 is 5.60 Å². The average molecular weight is 376 g/mol. The predicted octanol–water partition coefficient (Wildman–Crippen LogP) is 2.44. The molecule has 1 saturated heterocycles. The van der Waals surface area contributed by atoms with Gasteiger partial charge in [-0.2, -0.15) is 0 Å². The highest BCUT2D eigenvalue weighted by Gasteiger charge is 2.27. The van der Waals surface area contributed by atoms with Crippen molar-refractivity contribution >= 4 is 23.7 Å². The summed E-state index contributed by atoms with van der Waals surface area (Å²) in [6.45, 7) is 9.03. The van der Waals surface area contributed by atoms with Crippen molar-refractivity contribution in [2.24, 2.45) is 0 Å². The van der Waals surface area contributed by atoms with E-state index in [2.05, 4.69) is 10.6 Å². The molecule has 4 amide bonds. The third-order valence-corrected chi connectivity index (χ3v) is 4.18. The summed E-state index contributed by atoms with van der Waals surface area (Å²) >= 11 is 0. The number of carbonyl (C=O) groups is 3. The second-order valence-electron chi connectivity index (χ2n) is 7.49. The second-order valence-corrected chi connectivity index (χ2v) is 7.49. The van der Waals surface area contributed by atoms with E-state index in [1.807, 2.05) is 27.7 Å². The van der Waals surface area contributed by atoms with E-state index in [0.29, 0.717) is 37.4 Å². The number of benzene rings is 1. The van der Waals surface area contributed by atoms with Gasteiger partial charge in [-0.05, 0) is 51.5 Å². The zero-order chi connectivity index (χ0) is 20.2. The van der Waals surface area contributed by atoms with Gasteiger partial charge < -0.3 is 25.2 Å². The lowest BCUT2D eigenvalue weighted by atomic mass is 10.1. The average Bonchev–Trinajstić information content (AvgIpc) is 2.61. The maximum atomic E-state index is 12.5. The number of anilines is 1. The Kier molecular flexibility index (Phi) is 6.30. The molecule has 2 N–H and O–H groups in total. The molecule has 1 aliphatic rings. The van der Waals surface area contributed by atoms with E-state index in [1.54, 1.807) is 35.0 Å². The van der Waals surface area contributed by atoms with Gasteiger partial charge in [0.25, 0.3) is 5.91 Å². The van der Waals surface area contributed by atoms with Crippen LogP contribution in [0.5, 0.6) is 0 Å². The van der Waals surface area contributed by atoms with Gasteiger partial charge in [0.2, 0.25) is 0 Å². The molecule has 148 valence electrons. The molecule has 1 aliphatic heterocycles. The molecule has 0 aromatic heterocycles. The normalized spacial score (nSPS) is 14.6. The number of nitrogens with zero attached hydrogens (tertiary/aromatic N) is 2. The highest BCUT2D eigenvalue weighted by Crippen LogP contribution is 2.18. The predicted molar refractivity (Wildman–Crippen MR) is 103 cm³/mol. The van der Waals surface area contributed by atoms with Crippen LogP contribution in [0.15, 0.2) is 18.2 Å². The molecule has 1 heterocycles. The van der Waals surface area contributed by atoms with Crippen molar-refractivity contribution in [1.29, 1.82) is 0 Å². The van der Waals surface area contributed by atoms with Gasteiger partial charge in [0, 0.05) is 44.5 Å². The van der Waals surface area contributed by atoms with Gasteiger partial charge in [-0.1, -0.05) is 0 Å². The van der Waals surface area contributed by atoms with E-state index in [9.17, 15) is 14.4 Å². The smallest absolute Gasteiger partial charge is 0.410 e. The summed E-state index contributed by atoms with van der Waals surface area (Å²) in [5, 5.41) is 5.44. The van der Waals surface area contributed by atoms with Crippen LogP contribution in [0.2, 0.25) is 0 Å². The van der Waals surface area contributed by atoms with Crippen LogP contribution >= 0.6 is 0 Å². The van der Waals surface area contributed by atoms with Crippen LogP contribution in [0.3, 0.4) is 0 Å². The number of hydrogen-bond acceptors (Lipinski definition) is 4. The fourth-order valence-electron chi connectivity index (χ4n) is 2.70. The monoisotopic (exact) mass is 376 g/mol. The lowest BCUT2D eigenvalue weighted by Crippen LogP contribution is -2.52. The Labute approximate surface area is 159 Å². The van der Waals surface area contributed by atoms with Crippen LogP contribution in [0.1, 0.15) is 36.7 Å². The molecule has 2 rings (SSSR count). The van der Waals surface area contributed by atoms with Crippen LogP contribution in [0, 0.1) is 6.92 Å². The highest BCUT2D eigenvalue weighted by atomic mass is 16.6. The summed E-state index contributed by atoms with van der Waals surface area (Å²) in [6, 6.07) is 4.89. The molecule has 0 saturated carbocycles. The minimum atomic E-state index is -0.538. The zero-order valence-electron chi connectivity index (χ0n) is 16.6. The molecule has 0 bridgehead atoms. The Balaban J connectivity index is 1.91. The molecule has 1 aromatic carbocycles. The molecule has 0 spiro atoms. The molecule has 0 atom stereocenters. The van der Waals surface area contributed by atoms with Gasteiger partial charge in [0.1, 0.15) is 5.60 Å². The minimum Gasteiger partial charge on any atom is -0.444 e. The van der Waals surface area contributed by atoms with E-state index >= 15 is 0 Å². The topological polar surface area (TPSA) is 91.0 Å². The molecule has 0 aliphatic carbocycles. The summed E-state index contributed by atoms with van der Waals surface area (Å²) in [7, 11) is 1.57. The molecule has 0 unspecified atom stereocenters. The van der Waals surface area contributed by atoms with Crippen LogP contribution < -0.4 is 10.6 Å². The maximum Gasteiger partial charge on any atom is 0.410 e. The van der Waals surface area contributed by atoms with E-state index in [-0.39, 0.29) is 18.0 Å². The van der Waals surface area contributed by atoms with Crippen molar-refractivity contribution in [3.05, 3.63) is 29.3 Å². The van der Waals surface area contributed by atoms with Crippen molar-refractivity contribution in [3.8, 4) is 0 Å². The molecule has 8 heteroatoms. The van der Waals surface area contributed by atoms with Crippen LogP contribution in [-0.4, -0.2) is 66.7 Å². The Morgan fingerprint density at radius 2 is 1.63 bits per heavy atom. The van der Waals surface area contributed by atoms with Gasteiger partial charge in [0.05, 0.1) is 0 Å². The third-order valence-electron chi connectivity index (χ3n) is 4.18. The lowest BCUT2D eigenvalue weighted by Gasteiger charge is -2.35. The van der Waals surface area contributed by atoms with Gasteiger partial charge >= 0.3 is 12.1 Å². The fraction of sp³-hybridized carbons (Fsp3) is 0.526.